The van der Waals surface area contributed by atoms with Crippen molar-refractivity contribution in [2.24, 2.45) is 5.92 Å². The van der Waals surface area contributed by atoms with Gasteiger partial charge in [-0.1, -0.05) is 0 Å². The van der Waals surface area contributed by atoms with Crippen molar-refractivity contribution < 1.29 is 19.8 Å². The van der Waals surface area contributed by atoms with Crippen LogP contribution in [0.5, 0.6) is 0 Å². The van der Waals surface area contributed by atoms with Crippen molar-refractivity contribution in [2.45, 2.75) is 63.3 Å². The molecule has 4 N–H and O–H groups in total. The third kappa shape index (κ3) is 3.67. The minimum Gasteiger partial charge on any atom is -0.480 e. The van der Waals surface area contributed by atoms with E-state index in [0.717, 1.165) is 12.8 Å². The van der Waals surface area contributed by atoms with Crippen molar-refractivity contribution in [3.05, 3.63) is 0 Å². The van der Waals surface area contributed by atoms with Crippen LogP contribution in [-0.4, -0.2) is 46.3 Å². The molecule has 6 heteroatoms. The van der Waals surface area contributed by atoms with Crippen molar-refractivity contribution in [3.63, 3.8) is 0 Å². The van der Waals surface area contributed by atoms with Crippen molar-refractivity contribution in [2.75, 3.05) is 0 Å². The smallest absolute Gasteiger partial charge is 0.328 e. The number of nitrogens with one attached hydrogen (secondary N) is 2. The van der Waals surface area contributed by atoms with Crippen molar-refractivity contribution >= 4 is 11.9 Å². The molecule has 0 spiro atoms. The minimum absolute atomic E-state index is 0.278. The molecule has 4 atom stereocenters. The highest BCUT2D eigenvalue weighted by Gasteiger charge is 2.35. The Labute approximate surface area is 112 Å². The first-order valence-electron chi connectivity index (χ1n) is 6.92. The Kier molecular flexibility index (Phi) is 4.42. The lowest BCUT2D eigenvalue weighted by Gasteiger charge is -2.29. The van der Waals surface area contributed by atoms with E-state index in [1.165, 1.54) is 19.8 Å². The number of carboxylic acids is 1. The Morgan fingerprint density at radius 2 is 1.89 bits per heavy atom. The van der Waals surface area contributed by atoms with Gasteiger partial charge in [0.05, 0.1) is 6.10 Å². The van der Waals surface area contributed by atoms with Crippen LogP contribution in [0.4, 0.5) is 0 Å². The molecule has 0 aromatic heterocycles. The molecule has 0 radical (unpaired) electrons. The molecule has 2 saturated heterocycles. The minimum atomic E-state index is -1.22. The maximum Gasteiger partial charge on any atom is 0.328 e. The van der Waals surface area contributed by atoms with Gasteiger partial charge in [-0.3, -0.25) is 4.79 Å². The van der Waals surface area contributed by atoms with E-state index < -0.39 is 18.1 Å². The van der Waals surface area contributed by atoms with Gasteiger partial charge in [-0.15, -0.1) is 0 Å². The number of piperidine rings is 1. The average Bonchev–Trinajstić information content (AvgIpc) is 2.65. The Bertz CT molecular complexity index is 347. The van der Waals surface area contributed by atoms with Crippen LogP contribution in [0.25, 0.3) is 0 Å². The van der Waals surface area contributed by atoms with Gasteiger partial charge in [0.15, 0.2) is 6.04 Å². The number of carboxylic acid groups (broad SMARTS) is 1. The topological polar surface area (TPSA) is 98.7 Å². The van der Waals surface area contributed by atoms with Gasteiger partial charge < -0.3 is 20.8 Å². The SMILES string of the molecule is C[C@@H](O)[C@H](NC(=O)CC1CC2CCC(C1)N2)C(=O)O. The molecular weight excluding hydrogens is 248 g/mol. The lowest BCUT2D eigenvalue weighted by atomic mass is 9.89. The Morgan fingerprint density at radius 1 is 1.32 bits per heavy atom. The molecule has 1 amide bonds. The van der Waals surface area contributed by atoms with Gasteiger partial charge in [0.2, 0.25) is 5.91 Å². The molecule has 0 aromatic rings. The largest absolute Gasteiger partial charge is 0.480 e. The molecule has 108 valence electrons. The van der Waals surface area contributed by atoms with Gasteiger partial charge in [-0.2, -0.15) is 0 Å². The first-order chi connectivity index (χ1) is 8.95. The lowest BCUT2D eigenvalue weighted by Crippen LogP contribution is -2.48. The van der Waals surface area contributed by atoms with Gasteiger partial charge in [-0.05, 0) is 38.5 Å². The number of hydrogen-bond donors (Lipinski definition) is 4. The highest BCUT2D eigenvalue weighted by molar-refractivity contribution is 5.84. The van der Waals surface area contributed by atoms with E-state index >= 15 is 0 Å². The number of carbonyl (C=O) groups excluding carboxylic acids is 1. The van der Waals surface area contributed by atoms with E-state index in [1.54, 1.807) is 0 Å². The predicted octanol–water partition coefficient (Wildman–Crippen LogP) is -0.143. The first kappa shape index (κ1) is 14.3. The van der Waals surface area contributed by atoms with E-state index in [1.807, 2.05) is 0 Å². The number of carbonyl (C=O) groups is 2. The van der Waals surface area contributed by atoms with Gasteiger partial charge in [0.1, 0.15) is 0 Å². The number of fused-ring (bicyclic) bond motifs is 2. The molecule has 2 aliphatic rings. The Morgan fingerprint density at radius 3 is 2.37 bits per heavy atom. The standard InChI is InChI=1S/C13H22N2O4/c1-7(16)12(13(18)19)15-11(17)6-8-4-9-2-3-10(5-8)14-9/h7-10,12,14,16H,2-6H2,1H3,(H,15,17)(H,18,19)/t7-,8?,9?,10?,12+/m1/s1. The van der Waals surface area contributed by atoms with Gasteiger partial charge in [0, 0.05) is 18.5 Å². The molecule has 2 fully saturated rings. The summed E-state index contributed by atoms with van der Waals surface area (Å²) in [5, 5.41) is 24.1. The maximum absolute atomic E-state index is 11.9. The quantitative estimate of drug-likeness (QED) is 0.557. The zero-order chi connectivity index (χ0) is 14.0. The third-order valence-corrected chi connectivity index (χ3v) is 4.11. The molecule has 6 nitrogen and oxygen atoms in total. The van der Waals surface area contributed by atoms with E-state index in [4.69, 9.17) is 5.11 Å². The molecule has 2 rings (SSSR count). The summed E-state index contributed by atoms with van der Waals surface area (Å²) in [6, 6.07) is -0.182. The second-order valence-electron chi connectivity index (χ2n) is 5.80. The molecule has 19 heavy (non-hydrogen) atoms. The summed E-state index contributed by atoms with van der Waals surface area (Å²) in [7, 11) is 0. The molecule has 0 aliphatic carbocycles. The number of amides is 1. The molecular formula is C13H22N2O4. The Hall–Kier alpha value is -1.14. The van der Waals surface area contributed by atoms with Crippen LogP contribution in [0.1, 0.15) is 39.0 Å². The van der Waals surface area contributed by atoms with E-state index in [-0.39, 0.29) is 5.91 Å². The summed E-state index contributed by atoms with van der Waals surface area (Å²) in [4.78, 5) is 22.8. The van der Waals surface area contributed by atoms with Crippen LogP contribution in [-0.2, 0) is 9.59 Å². The maximum atomic E-state index is 11.9. The van der Waals surface area contributed by atoms with E-state index in [0.29, 0.717) is 24.4 Å². The second-order valence-corrected chi connectivity index (χ2v) is 5.80. The van der Waals surface area contributed by atoms with E-state index in [2.05, 4.69) is 10.6 Å². The number of aliphatic hydroxyl groups excluding tert-OH is 1. The summed E-state index contributed by atoms with van der Waals surface area (Å²) in [5.74, 6) is -1.16. The number of aliphatic hydroxyl groups is 1. The fourth-order valence-electron chi connectivity index (χ4n) is 3.23. The molecule has 2 aliphatic heterocycles. The number of aliphatic carboxylic acids is 1. The van der Waals surface area contributed by atoms with E-state index in [9.17, 15) is 14.7 Å². The van der Waals surface area contributed by atoms with Crippen LogP contribution < -0.4 is 10.6 Å². The fraction of sp³-hybridized carbons (Fsp3) is 0.846. The summed E-state index contributed by atoms with van der Waals surface area (Å²) in [6.07, 6.45) is 3.57. The molecule has 0 aromatic carbocycles. The van der Waals surface area contributed by atoms with Crippen LogP contribution in [0.15, 0.2) is 0 Å². The average molecular weight is 270 g/mol. The van der Waals surface area contributed by atoms with Crippen molar-refractivity contribution in [3.8, 4) is 0 Å². The highest BCUT2D eigenvalue weighted by Crippen LogP contribution is 2.32. The normalized spacial score (nSPS) is 32.6. The van der Waals surface area contributed by atoms with Crippen LogP contribution >= 0.6 is 0 Å². The summed E-state index contributed by atoms with van der Waals surface area (Å²) in [5.41, 5.74) is 0. The molecule has 2 bridgehead atoms. The second kappa shape index (κ2) is 5.88. The molecule has 2 unspecified atom stereocenters. The fourth-order valence-corrected chi connectivity index (χ4v) is 3.23. The summed E-state index contributed by atoms with van der Waals surface area (Å²) in [6.45, 7) is 1.36. The first-order valence-corrected chi connectivity index (χ1v) is 6.92. The third-order valence-electron chi connectivity index (χ3n) is 4.11. The van der Waals surface area contributed by atoms with Crippen LogP contribution in [0.2, 0.25) is 0 Å². The zero-order valence-electron chi connectivity index (χ0n) is 11.1. The van der Waals surface area contributed by atoms with Gasteiger partial charge in [0.25, 0.3) is 0 Å². The zero-order valence-corrected chi connectivity index (χ0v) is 11.1. The highest BCUT2D eigenvalue weighted by atomic mass is 16.4. The Balaban J connectivity index is 1.82. The monoisotopic (exact) mass is 270 g/mol. The molecule has 0 saturated carbocycles. The number of hydrogen-bond acceptors (Lipinski definition) is 4. The van der Waals surface area contributed by atoms with Gasteiger partial charge in [-0.25, -0.2) is 4.79 Å². The van der Waals surface area contributed by atoms with Crippen molar-refractivity contribution in [1.82, 2.24) is 10.6 Å². The molecule has 2 heterocycles. The van der Waals surface area contributed by atoms with Crippen LogP contribution in [0, 0.1) is 5.92 Å². The summed E-state index contributed by atoms with van der Waals surface area (Å²) < 4.78 is 0. The predicted molar refractivity (Wildman–Crippen MR) is 68.5 cm³/mol. The lowest BCUT2D eigenvalue weighted by molar-refractivity contribution is -0.145. The number of rotatable bonds is 5. The summed E-state index contributed by atoms with van der Waals surface area (Å²) >= 11 is 0. The van der Waals surface area contributed by atoms with Crippen molar-refractivity contribution in [1.29, 1.82) is 0 Å². The van der Waals surface area contributed by atoms with Gasteiger partial charge >= 0.3 is 5.97 Å². The van der Waals surface area contributed by atoms with Crippen LogP contribution in [0.3, 0.4) is 0 Å².